The van der Waals surface area contributed by atoms with Crippen LogP contribution in [-0.4, -0.2) is 75.8 Å². The second kappa shape index (κ2) is 8.36. The van der Waals surface area contributed by atoms with Crippen LogP contribution in [0.3, 0.4) is 0 Å². The third-order valence-electron chi connectivity index (χ3n) is 8.49. The lowest BCUT2D eigenvalue weighted by molar-refractivity contribution is -0.438. The van der Waals surface area contributed by atoms with Crippen LogP contribution in [0.1, 0.15) is 48.7 Å². The van der Waals surface area contributed by atoms with Gasteiger partial charge in [0, 0.05) is 34.7 Å². The molecule has 1 amide bonds. The van der Waals surface area contributed by atoms with E-state index in [0.29, 0.717) is 0 Å². The van der Waals surface area contributed by atoms with Gasteiger partial charge >= 0.3 is 0 Å². The number of amides is 1. The number of primary amides is 1. The lowest BCUT2D eigenvalue weighted by Crippen LogP contribution is -2.67. The van der Waals surface area contributed by atoms with Gasteiger partial charge in [0.25, 0.3) is 5.91 Å². The maximum Gasteiger partial charge on any atom is 0.255 e. The number of aliphatic hydroxyl groups excluding tert-OH is 1. The van der Waals surface area contributed by atoms with Crippen molar-refractivity contribution in [3.05, 3.63) is 51.2 Å². The summed E-state index contributed by atoms with van der Waals surface area (Å²) in [5.74, 6) is -5.39. The number of allylic oxidation sites excluding steroid dienone is 1. The number of nitrogens with zero attached hydrogens (tertiary/aromatic N) is 2. The summed E-state index contributed by atoms with van der Waals surface area (Å²) in [6, 6.07) is 0.346. The average molecular weight is 530 g/mol. The summed E-state index contributed by atoms with van der Waals surface area (Å²) >= 11 is 0. The molecule has 11 heteroatoms. The lowest BCUT2D eigenvalue weighted by atomic mass is 9.58. The number of ketones is 2. The van der Waals surface area contributed by atoms with Crippen LogP contribution in [-0.2, 0) is 32.3 Å². The Morgan fingerprint density at radius 2 is 1.89 bits per heavy atom. The smallest absolute Gasteiger partial charge is 0.255 e. The van der Waals surface area contributed by atoms with Gasteiger partial charge in [-0.05, 0) is 66.7 Å². The molecule has 3 aliphatic carbocycles. The first-order chi connectivity index (χ1) is 17.6. The third kappa shape index (κ3) is 3.38. The number of rotatable bonds is 4. The van der Waals surface area contributed by atoms with Crippen molar-refractivity contribution in [2.45, 2.75) is 57.3 Å². The number of halogens is 1. The van der Waals surface area contributed by atoms with Crippen molar-refractivity contribution in [3.8, 4) is 5.75 Å². The zero-order valence-corrected chi connectivity index (χ0v) is 22.2. The van der Waals surface area contributed by atoms with Crippen LogP contribution in [0.5, 0.6) is 5.75 Å². The summed E-state index contributed by atoms with van der Waals surface area (Å²) in [4.78, 5) is 53.5. The number of fused-ring (bicyclic) bond motifs is 2. The van der Waals surface area contributed by atoms with Crippen molar-refractivity contribution in [2.24, 2.45) is 17.6 Å². The molecule has 4 N–H and O–H groups in total. The van der Waals surface area contributed by atoms with Gasteiger partial charge in [-0.1, -0.05) is 0 Å². The minimum absolute atomic E-state index is 0.0404. The molecule has 4 atom stereocenters. The van der Waals surface area contributed by atoms with E-state index in [9.17, 15) is 24.6 Å². The van der Waals surface area contributed by atoms with E-state index < -0.39 is 58.1 Å². The number of nitrogens with two attached hydrogens (primary N) is 1. The van der Waals surface area contributed by atoms with Crippen molar-refractivity contribution in [2.75, 3.05) is 21.1 Å². The van der Waals surface area contributed by atoms with E-state index in [1.165, 1.54) is 6.07 Å². The largest absolute Gasteiger partial charge is 0.508 e. The number of phenols is 1. The molecule has 1 saturated heterocycles. The number of Topliss-reactive ketones (excluding diaryl/α,β-unsaturated/α-hetero) is 2. The number of hydrogen-bond donors (Lipinski definition) is 3. The van der Waals surface area contributed by atoms with E-state index in [4.69, 9.17) is 15.5 Å². The van der Waals surface area contributed by atoms with E-state index in [1.807, 2.05) is 32.7 Å². The van der Waals surface area contributed by atoms with E-state index >= 15 is 4.39 Å². The lowest BCUT2D eigenvalue weighted by Gasteiger charge is -2.56. The Morgan fingerprint density at radius 1 is 1.24 bits per heavy atom. The first-order valence-corrected chi connectivity index (χ1v) is 12.5. The highest BCUT2D eigenvalue weighted by molar-refractivity contribution is 6.22. The monoisotopic (exact) mass is 529 g/mol. The molecule has 10 nitrogen and oxygen atoms in total. The standard InChI is InChI=1S/C27H32FN3O7/c1-26(2,3)31(6)10-12-9-15(32)17-13(19(12)28)7-11-8-14-20(30(4)5)22(34)18(25(29)36)23(35)27(14)24(37-38-27)16(11)21(17)33/h9,11,14,20,32,35H,7-8,10H2,1-6H3,(H2,29,36)/t11-,14-,20-,27+/m0/s1. The van der Waals surface area contributed by atoms with Crippen LogP contribution < -0.4 is 5.73 Å². The molecule has 1 spiro atoms. The molecular weight excluding hydrogens is 497 g/mol. The number of aromatic hydroxyl groups is 1. The average Bonchev–Trinajstić information content (AvgIpc) is 2.76. The number of phenolic OH excluding ortho intramolecular Hbond substituents is 1. The molecule has 0 unspecified atom stereocenters. The van der Waals surface area contributed by atoms with Crippen LogP contribution in [0.2, 0.25) is 0 Å². The van der Waals surface area contributed by atoms with Crippen molar-refractivity contribution in [1.82, 2.24) is 9.80 Å². The van der Waals surface area contributed by atoms with Crippen molar-refractivity contribution in [3.63, 3.8) is 0 Å². The minimum atomic E-state index is -1.75. The molecule has 38 heavy (non-hydrogen) atoms. The molecule has 1 heterocycles. The highest BCUT2D eigenvalue weighted by Gasteiger charge is 2.70. The predicted molar refractivity (Wildman–Crippen MR) is 132 cm³/mol. The van der Waals surface area contributed by atoms with Gasteiger partial charge in [-0.25, -0.2) is 4.39 Å². The molecule has 1 aliphatic heterocycles. The van der Waals surface area contributed by atoms with Crippen LogP contribution in [0, 0.1) is 17.7 Å². The van der Waals surface area contributed by atoms with Gasteiger partial charge in [0.05, 0.1) is 11.6 Å². The first-order valence-electron chi connectivity index (χ1n) is 12.5. The Morgan fingerprint density at radius 3 is 2.42 bits per heavy atom. The van der Waals surface area contributed by atoms with E-state index in [2.05, 4.69) is 0 Å². The molecule has 0 saturated carbocycles. The zero-order valence-electron chi connectivity index (χ0n) is 22.2. The Labute approximate surface area is 219 Å². The summed E-state index contributed by atoms with van der Waals surface area (Å²) in [6.45, 7) is 6.18. The molecule has 0 aromatic heterocycles. The van der Waals surface area contributed by atoms with E-state index in [1.54, 1.807) is 19.0 Å². The molecule has 1 fully saturated rings. The maximum absolute atomic E-state index is 15.9. The summed E-state index contributed by atoms with van der Waals surface area (Å²) in [5, 5.41) is 22.0. The number of benzene rings is 1. The normalized spacial score (nSPS) is 28.5. The Bertz CT molecular complexity index is 1360. The zero-order chi connectivity index (χ0) is 28.1. The van der Waals surface area contributed by atoms with Crippen LogP contribution in [0.4, 0.5) is 4.39 Å². The topological polar surface area (TPSA) is 143 Å². The molecule has 1 aromatic rings. The number of carbonyl (C=O) groups is 3. The Kier molecular flexibility index (Phi) is 5.79. The van der Waals surface area contributed by atoms with Gasteiger partial charge in [-0.3, -0.25) is 24.2 Å². The van der Waals surface area contributed by atoms with Gasteiger partial charge in [-0.15, -0.1) is 0 Å². The molecule has 4 aliphatic rings. The molecule has 204 valence electrons. The fraction of sp³-hybridized carbons (Fsp3) is 0.519. The molecule has 0 radical (unpaired) electrons. The van der Waals surface area contributed by atoms with Crippen molar-refractivity contribution in [1.29, 1.82) is 0 Å². The fourth-order valence-corrected chi connectivity index (χ4v) is 6.23. The molecule has 5 rings (SSSR count). The number of aliphatic hydroxyl groups is 1. The third-order valence-corrected chi connectivity index (χ3v) is 8.49. The number of carbonyl (C=O) groups excluding carboxylic acids is 3. The highest BCUT2D eigenvalue weighted by atomic mass is 19.1. The van der Waals surface area contributed by atoms with Gasteiger partial charge < -0.3 is 20.8 Å². The van der Waals surface area contributed by atoms with Gasteiger partial charge in [0.2, 0.25) is 5.60 Å². The molecular formula is C27H32FN3O7. The fourth-order valence-electron chi connectivity index (χ4n) is 6.23. The van der Waals surface area contributed by atoms with E-state index in [0.717, 1.165) is 0 Å². The summed E-state index contributed by atoms with van der Waals surface area (Å²) < 4.78 is 15.9. The SMILES string of the molecule is CN(C)[C@@H]1C(=O)C(C(N)=O)=C(O)[C@@]23OOC2=C2C(=O)c4c(O)cc(CN(C)C(C)(C)C)c(F)c4C[C@H]2C[C@@H]13. The first kappa shape index (κ1) is 26.3. The van der Waals surface area contributed by atoms with E-state index in [-0.39, 0.29) is 58.7 Å². The highest BCUT2D eigenvalue weighted by Crippen LogP contribution is 2.60. The quantitative estimate of drug-likeness (QED) is 0.394. The van der Waals surface area contributed by atoms with Crippen LogP contribution in [0.25, 0.3) is 0 Å². The van der Waals surface area contributed by atoms with Crippen molar-refractivity contribution >= 4 is 17.5 Å². The van der Waals surface area contributed by atoms with Crippen LogP contribution in [0.15, 0.2) is 28.7 Å². The summed E-state index contributed by atoms with van der Waals surface area (Å²) in [7, 11) is 5.14. The van der Waals surface area contributed by atoms with Gasteiger partial charge in [0.1, 0.15) is 17.1 Å². The van der Waals surface area contributed by atoms with Gasteiger partial charge in [0.15, 0.2) is 23.1 Å². The number of likely N-dealkylation sites (N-methyl/N-ethyl adjacent to an activating group) is 1. The second-order valence-corrected chi connectivity index (χ2v) is 11.8. The predicted octanol–water partition coefficient (Wildman–Crippen LogP) is 1.90. The minimum Gasteiger partial charge on any atom is -0.508 e. The van der Waals surface area contributed by atoms with Gasteiger partial charge in [-0.2, -0.15) is 4.89 Å². The maximum atomic E-state index is 15.9. The molecule has 0 bridgehead atoms. The summed E-state index contributed by atoms with van der Waals surface area (Å²) in [5.41, 5.74) is 3.15. The van der Waals surface area contributed by atoms with Crippen LogP contribution >= 0.6 is 0 Å². The number of hydrogen-bond acceptors (Lipinski definition) is 9. The molecule has 1 aromatic carbocycles. The van der Waals surface area contributed by atoms with Crippen molar-refractivity contribution < 1.29 is 38.8 Å². The Balaban J connectivity index is 1.67. The second-order valence-electron chi connectivity index (χ2n) is 11.8. The Hall–Kier alpha value is -3.28. The summed E-state index contributed by atoms with van der Waals surface area (Å²) in [6.07, 6.45) is 0.230.